The third-order valence-corrected chi connectivity index (χ3v) is 1.89. The van der Waals surface area contributed by atoms with Crippen LogP contribution in [-0.2, 0) is 4.74 Å². The fraction of sp³-hybridized carbons (Fsp3) is 0.714. The Bertz CT molecular complexity index is 146. The Kier molecular flexibility index (Phi) is 1.81. The van der Waals surface area contributed by atoms with Crippen molar-refractivity contribution in [1.82, 2.24) is 0 Å². The number of hydrogen-bond acceptors (Lipinski definition) is 3. The van der Waals surface area contributed by atoms with Crippen LogP contribution in [0.25, 0.3) is 0 Å². The molecule has 1 fully saturated rings. The van der Waals surface area contributed by atoms with Crippen LogP contribution in [0.1, 0.15) is 6.92 Å². The van der Waals surface area contributed by atoms with Crippen LogP contribution in [0, 0.1) is 0 Å². The van der Waals surface area contributed by atoms with Crippen molar-refractivity contribution < 1.29 is 14.9 Å². The molecule has 3 unspecified atom stereocenters. The zero-order valence-corrected chi connectivity index (χ0v) is 5.95. The molecule has 3 atom stereocenters. The second-order valence-electron chi connectivity index (χ2n) is 2.66. The van der Waals surface area contributed by atoms with Gasteiger partial charge in [-0.3, -0.25) is 0 Å². The Morgan fingerprint density at radius 1 is 1.80 bits per heavy atom. The van der Waals surface area contributed by atoms with Crippen LogP contribution in [-0.4, -0.2) is 34.6 Å². The van der Waals surface area contributed by atoms with Gasteiger partial charge in [0.15, 0.2) is 0 Å². The molecule has 0 aliphatic carbocycles. The standard InChI is InChI=1S/C7H12O3/c1-3-7(9)4-10-5(2)6(7)8/h3,5-6,8-9H,1,4H2,2H3. The van der Waals surface area contributed by atoms with Crippen LogP contribution in [0.2, 0.25) is 0 Å². The van der Waals surface area contributed by atoms with E-state index in [1.54, 1.807) is 6.92 Å². The highest BCUT2D eigenvalue weighted by molar-refractivity contribution is 5.06. The van der Waals surface area contributed by atoms with Crippen LogP contribution in [0.4, 0.5) is 0 Å². The molecule has 1 aliphatic heterocycles. The minimum Gasteiger partial charge on any atom is -0.387 e. The van der Waals surface area contributed by atoms with Crippen molar-refractivity contribution in [3.63, 3.8) is 0 Å². The maximum Gasteiger partial charge on any atom is 0.134 e. The summed E-state index contributed by atoms with van der Waals surface area (Å²) in [6.07, 6.45) is 0.175. The highest BCUT2D eigenvalue weighted by Gasteiger charge is 2.43. The summed E-state index contributed by atoms with van der Waals surface area (Å²) >= 11 is 0. The summed E-state index contributed by atoms with van der Waals surface area (Å²) in [5.41, 5.74) is -1.24. The van der Waals surface area contributed by atoms with E-state index in [1.807, 2.05) is 0 Å². The van der Waals surface area contributed by atoms with Crippen LogP contribution < -0.4 is 0 Å². The molecular formula is C7H12O3. The fourth-order valence-corrected chi connectivity index (χ4v) is 1.03. The normalized spacial score (nSPS) is 47.5. The Labute approximate surface area is 59.9 Å². The summed E-state index contributed by atoms with van der Waals surface area (Å²) in [5.74, 6) is 0. The number of ether oxygens (including phenoxy) is 1. The Hall–Kier alpha value is -0.380. The van der Waals surface area contributed by atoms with Crippen LogP contribution in [0.3, 0.4) is 0 Å². The van der Waals surface area contributed by atoms with Gasteiger partial charge < -0.3 is 14.9 Å². The predicted octanol–water partition coefficient (Wildman–Crippen LogP) is -0.317. The third kappa shape index (κ3) is 0.963. The lowest BCUT2D eigenvalue weighted by Gasteiger charge is -2.20. The number of aliphatic hydroxyl groups excluding tert-OH is 1. The summed E-state index contributed by atoms with van der Waals surface area (Å²) in [5, 5.41) is 18.7. The van der Waals surface area contributed by atoms with E-state index in [0.29, 0.717) is 0 Å². The van der Waals surface area contributed by atoms with Crippen molar-refractivity contribution in [1.29, 1.82) is 0 Å². The molecule has 1 heterocycles. The van der Waals surface area contributed by atoms with E-state index in [0.717, 1.165) is 0 Å². The lowest BCUT2D eigenvalue weighted by molar-refractivity contribution is -0.0124. The number of hydrogen-bond donors (Lipinski definition) is 2. The van der Waals surface area contributed by atoms with Crippen molar-refractivity contribution in [3.8, 4) is 0 Å². The van der Waals surface area contributed by atoms with E-state index in [4.69, 9.17) is 4.74 Å². The lowest BCUT2D eigenvalue weighted by Crippen LogP contribution is -2.40. The van der Waals surface area contributed by atoms with Gasteiger partial charge in [0.25, 0.3) is 0 Å². The van der Waals surface area contributed by atoms with E-state index in [1.165, 1.54) is 6.08 Å². The molecular weight excluding hydrogens is 132 g/mol. The lowest BCUT2D eigenvalue weighted by atomic mass is 9.98. The molecule has 0 spiro atoms. The molecule has 1 rings (SSSR count). The van der Waals surface area contributed by atoms with Crippen LogP contribution in [0.5, 0.6) is 0 Å². The van der Waals surface area contributed by atoms with Crippen LogP contribution >= 0.6 is 0 Å². The molecule has 0 amide bonds. The van der Waals surface area contributed by atoms with E-state index in [2.05, 4.69) is 6.58 Å². The van der Waals surface area contributed by atoms with Gasteiger partial charge in [-0.15, -0.1) is 6.58 Å². The van der Waals surface area contributed by atoms with Gasteiger partial charge in [-0.1, -0.05) is 6.08 Å². The summed E-state index contributed by atoms with van der Waals surface area (Å²) in [6.45, 7) is 5.26. The van der Waals surface area contributed by atoms with Gasteiger partial charge >= 0.3 is 0 Å². The quantitative estimate of drug-likeness (QED) is 0.496. The molecule has 0 aromatic carbocycles. The molecule has 1 aliphatic rings. The third-order valence-electron chi connectivity index (χ3n) is 1.89. The van der Waals surface area contributed by atoms with E-state index < -0.39 is 11.7 Å². The largest absolute Gasteiger partial charge is 0.387 e. The van der Waals surface area contributed by atoms with Crippen molar-refractivity contribution in [2.45, 2.75) is 24.7 Å². The van der Waals surface area contributed by atoms with Gasteiger partial charge in [0.05, 0.1) is 12.7 Å². The van der Waals surface area contributed by atoms with Crippen molar-refractivity contribution in [2.24, 2.45) is 0 Å². The molecule has 0 radical (unpaired) electrons. The molecule has 0 aromatic heterocycles. The van der Waals surface area contributed by atoms with Crippen LogP contribution in [0.15, 0.2) is 12.7 Å². The Morgan fingerprint density at radius 2 is 2.40 bits per heavy atom. The highest BCUT2D eigenvalue weighted by atomic mass is 16.5. The van der Waals surface area contributed by atoms with Crippen molar-refractivity contribution >= 4 is 0 Å². The Balaban J connectivity index is 2.73. The summed E-state index contributed by atoms with van der Waals surface area (Å²) in [7, 11) is 0. The van der Waals surface area contributed by atoms with E-state index >= 15 is 0 Å². The smallest absolute Gasteiger partial charge is 0.134 e. The SMILES string of the molecule is C=CC1(O)COC(C)C1O. The van der Waals surface area contributed by atoms with E-state index in [9.17, 15) is 10.2 Å². The predicted molar refractivity (Wildman–Crippen MR) is 36.6 cm³/mol. The molecule has 0 bridgehead atoms. The van der Waals surface area contributed by atoms with E-state index in [-0.39, 0.29) is 12.7 Å². The molecule has 0 aromatic rings. The van der Waals surface area contributed by atoms with Gasteiger partial charge in [0, 0.05) is 0 Å². The first kappa shape index (κ1) is 7.72. The minimum atomic E-state index is -1.24. The molecule has 1 saturated heterocycles. The van der Waals surface area contributed by atoms with Crippen molar-refractivity contribution in [3.05, 3.63) is 12.7 Å². The second kappa shape index (κ2) is 2.34. The zero-order chi connectivity index (χ0) is 7.78. The van der Waals surface area contributed by atoms with Gasteiger partial charge in [0.2, 0.25) is 0 Å². The molecule has 3 heteroatoms. The minimum absolute atomic E-state index is 0.138. The second-order valence-corrected chi connectivity index (χ2v) is 2.66. The summed E-state index contributed by atoms with van der Waals surface area (Å²) in [4.78, 5) is 0. The zero-order valence-electron chi connectivity index (χ0n) is 5.95. The topological polar surface area (TPSA) is 49.7 Å². The summed E-state index contributed by atoms with van der Waals surface area (Å²) in [6, 6.07) is 0. The molecule has 3 nitrogen and oxygen atoms in total. The molecule has 2 N–H and O–H groups in total. The monoisotopic (exact) mass is 144 g/mol. The van der Waals surface area contributed by atoms with Crippen molar-refractivity contribution in [2.75, 3.05) is 6.61 Å². The van der Waals surface area contributed by atoms with Gasteiger partial charge in [-0.05, 0) is 6.92 Å². The first-order valence-corrected chi connectivity index (χ1v) is 3.26. The maximum atomic E-state index is 9.45. The average Bonchev–Trinajstić information content (AvgIpc) is 2.19. The molecule has 58 valence electrons. The highest BCUT2D eigenvalue weighted by Crippen LogP contribution is 2.24. The molecule has 0 saturated carbocycles. The fourth-order valence-electron chi connectivity index (χ4n) is 1.03. The van der Waals surface area contributed by atoms with Gasteiger partial charge in [-0.25, -0.2) is 0 Å². The van der Waals surface area contributed by atoms with Gasteiger partial charge in [-0.2, -0.15) is 0 Å². The average molecular weight is 144 g/mol. The number of rotatable bonds is 1. The summed E-state index contributed by atoms with van der Waals surface area (Å²) < 4.78 is 5.00. The van der Waals surface area contributed by atoms with Gasteiger partial charge in [0.1, 0.15) is 11.7 Å². The first-order chi connectivity index (χ1) is 4.60. The first-order valence-electron chi connectivity index (χ1n) is 3.26. The maximum absolute atomic E-state index is 9.45. The Morgan fingerprint density at radius 3 is 2.60 bits per heavy atom. The number of aliphatic hydroxyl groups is 2. The molecule has 10 heavy (non-hydrogen) atoms.